The van der Waals surface area contributed by atoms with Gasteiger partial charge in [0.05, 0.1) is 0 Å². The molecule has 118 valence electrons. The molecule has 0 spiro atoms. The molecule has 3 atom stereocenters. The van der Waals surface area contributed by atoms with E-state index in [0.717, 1.165) is 38.1 Å². The van der Waals surface area contributed by atoms with Crippen LogP contribution in [-0.2, 0) is 9.53 Å². The molecule has 20 heavy (non-hydrogen) atoms. The normalized spacial score (nSPS) is 24.4. The number of nitrogens with two attached hydrogens (primary N) is 1. The van der Waals surface area contributed by atoms with Crippen molar-refractivity contribution in [1.29, 1.82) is 0 Å². The van der Waals surface area contributed by atoms with E-state index in [4.69, 9.17) is 10.5 Å². The molecule has 0 heterocycles. The zero-order valence-electron chi connectivity index (χ0n) is 13.4. The molecule has 2 N–H and O–H groups in total. The Morgan fingerprint density at radius 2 is 2.05 bits per heavy atom. The first-order chi connectivity index (χ1) is 9.69. The van der Waals surface area contributed by atoms with Gasteiger partial charge in [-0.25, -0.2) is 0 Å². The third-order valence-electron chi connectivity index (χ3n) is 4.64. The van der Waals surface area contributed by atoms with E-state index in [9.17, 15) is 4.79 Å². The van der Waals surface area contributed by atoms with Gasteiger partial charge in [0.2, 0.25) is 0 Å². The lowest BCUT2D eigenvalue weighted by molar-refractivity contribution is -0.151. The summed E-state index contributed by atoms with van der Waals surface area (Å²) >= 11 is 0. The van der Waals surface area contributed by atoms with Gasteiger partial charge in [-0.2, -0.15) is 0 Å². The van der Waals surface area contributed by atoms with Crippen LogP contribution in [0.4, 0.5) is 0 Å². The predicted octanol–water partition coefficient (Wildman–Crippen LogP) is 4.04. The Balaban J connectivity index is 2.24. The zero-order chi connectivity index (χ0) is 14.8. The summed E-state index contributed by atoms with van der Waals surface area (Å²) in [5.74, 6) is 1.35. The second kappa shape index (κ2) is 10.2. The third-order valence-corrected chi connectivity index (χ3v) is 4.64. The Hall–Kier alpha value is -0.570. The molecule has 1 aliphatic carbocycles. The van der Waals surface area contributed by atoms with Crippen LogP contribution in [0.3, 0.4) is 0 Å². The molecule has 0 amide bonds. The van der Waals surface area contributed by atoms with Gasteiger partial charge in [-0.1, -0.05) is 39.5 Å². The molecule has 3 heteroatoms. The second-order valence-electron chi connectivity index (χ2n) is 6.32. The molecule has 0 aromatic heterocycles. The van der Waals surface area contributed by atoms with Crippen molar-refractivity contribution in [3.05, 3.63) is 0 Å². The molecule has 1 aliphatic rings. The zero-order valence-corrected chi connectivity index (χ0v) is 13.4. The van der Waals surface area contributed by atoms with Gasteiger partial charge in [0, 0.05) is 6.42 Å². The smallest absolute Gasteiger partial charge is 0.306 e. The summed E-state index contributed by atoms with van der Waals surface area (Å²) in [7, 11) is 0. The van der Waals surface area contributed by atoms with E-state index in [1.165, 1.54) is 32.1 Å². The van der Waals surface area contributed by atoms with E-state index in [0.29, 0.717) is 12.3 Å². The van der Waals surface area contributed by atoms with Crippen LogP contribution in [-0.4, -0.2) is 18.6 Å². The summed E-state index contributed by atoms with van der Waals surface area (Å²) in [5.41, 5.74) is 5.63. The number of esters is 1. The molecule has 1 fully saturated rings. The summed E-state index contributed by atoms with van der Waals surface area (Å²) in [6, 6.07) is 0. The SMILES string of the molecule is CCCC(CCN)CCC(=O)OC1CCCC(CC)C1. The fourth-order valence-electron chi connectivity index (χ4n) is 3.36. The number of carbonyl (C=O) groups is 1. The number of hydrogen-bond donors (Lipinski definition) is 1. The van der Waals surface area contributed by atoms with Gasteiger partial charge in [-0.05, 0) is 50.5 Å². The van der Waals surface area contributed by atoms with Crippen LogP contribution < -0.4 is 5.73 Å². The summed E-state index contributed by atoms with van der Waals surface area (Å²) in [6.45, 7) is 5.15. The molecule has 0 aliphatic heterocycles. The van der Waals surface area contributed by atoms with Gasteiger partial charge < -0.3 is 10.5 Å². The van der Waals surface area contributed by atoms with Gasteiger partial charge >= 0.3 is 5.97 Å². The quantitative estimate of drug-likeness (QED) is 0.650. The molecule has 0 aromatic carbocycles. The second-order valence-corrected chi connectivity index (χ2v) is 6.32. The van der Waals surface area contributed by atoms with Crippen molar-refractivity contribution in [1.82, 2.24) is 0 Å². The number of rotatable bonds is 9. The highest BCUT2D eigenvalue weighted by Crippen LogP contribution is 2.29. The van der Waals surface area contributed by atoms with E-state index >= 15 is 0 Å². The molecule has 0 saturated heterocycles. The summed E-state index contributed by atoms with van der Waals surface area (Å²) in [6.07, 6.45) is 10.9. The first-order valence-corrected chi connectivity index (χ1v) is 8.59. The number of ether oxygens (including phenoxy) is 1. The van der Waals surface area contributed by atoms with E-state index < -0.39 is 0 Å². The predicted molar refractivity (Wildman–Crippen MR) is 83.4 cm³/mol. The summed E-state index contributed by atoms with van der Waals surface area (Å²) in [4.78, 5) is 12.0. The van der Waals surface area contributed by atoms with E-state index in [-0.39, 0.29) is 12.1 Å². The molecule has 0 radical (unpaired) electrons. The van der Waals surface area contributed by atoms with Crippen molar-refractivity contribution >= 4 is 5.97 Å². The van der Waals surface area contributed by atoms with Crippen molar-refractivity contribution in [2.24, 2.45) is 17.6 Å². The molecule has 3 unspecified atom stereocenters. The molecule has 0 bridgehead atoms. The molecule has 1 rings (SSSR count). The summed E-state index contributed by atoms with van der Waals surface area (Å²) < 4.78 is 5.66. The average molecular weight is 283 g/mol. The maximum absolute atomic E-state index is 12.0. The van der Waals surface area contributed by atoms with E-state index in [1.54, 1.807) is 0 Å². The number of hydrogen-bond acceptors (Lipinski definition) is 3. The first-order valence-electron chi connectivity index (χ1n) is 8.59. The van der Waals surface area contributed by atoms with Crippen molar-refractivity contribution < 1.29 is 9.53 Å². The molecular formula is C17H33NO2. The Kier molecular flexibility index (Phi) is 8.92. The van der Waals surface area contributed by atoms with Crippen LogP contribution in [0.2, 0.25) is 0 Å². The monoisotopic (exact) mass is 283 g/mol. The van der Waals surface area contributed by atoms with Crippen molar-refractivity contribution in [3.63, 3.8) is 0 Å². The van der Waals surface area contributed by atoms with Gasteiger partial charge in [-0.15, -0.1) is 0 Å². The lowest BCUT2D eigenvalue weighted by atomic mass is 9.85. The number of carbonyl (C=O) groups excluding carboxylic acids is 1. The van der Waals surface area contributed by atoms with Crippen LogP contribution in [0.15, 0.2) is 0 Å². The Morgan fingerprint density at radius 1 is 1.25 bits per heavy atom. The Morgan fingerprint density at radius 3 is 2.70 bits per heavy atom. The highest BCUT2D eigenvalue weighted by atomic mass is 16.5. The van der Waals surface area contributed by atoms with Gasteiger partial charge in [-0.3, -0.25) is 4.79 Å². The van der Waals surface area contributed by atoms with E-state index in [2.05, 4.69) is 13.8 Å². The largest absolute Gasteiger partial charge is 0.462 e. The minimum absolute atomic E-state index is 0.00452. The fraction of sp³-hybridized carbons (Fsp3) is 0.941. The first kappa shape index (κ1) is 17.5. The maximum Gasteiger partial charge on any atom is 0.306 e. The third kappa shape index (κ3) is 6.74. The molecule has 3 nitrogen and oxygen atoms in total. The van der Waals surface area contributed by atoms with Crippen LogP contribution in [0, 0.1) is 11.8 Å². The lowest BCUT2D eigenvalue weighted by Gasteiger charge is -2.28. The molecule has 1 saturated carbocycles. The van der Waals surface area contributed by atoms with Crippen molar-refractivity contribution in [2.45, 2.75) is 84.2 Å². The highest BCUT2D eigenvalue weighted by Gasteiger charge is 2.23. The van der Waals surface area contributed by atoms with Gasteiger partial charge in [0.1, 0.15) is 6.10 Å². The fourth-order valence-corrected chi connectivity index (χ4v) is 3.36. The van der Waals surface area contributed by atoms with Crippen LogP contribution in [0.5, 0.6) is 0 Å². The molecular weight excluding hydrogens is 250 g/mol. The minimum atomic E-state index is 0.00452. The summed E-state index contributed by atoms with van der Waals surface area (Å²) in [5, 5.41) is 0. The van der Waals surface area contributed by atoms with Crippen molar-refractivity contribution in [3.8, 4) is 0 Å². The van der Waals surface area contributed by atoms with Crippen molar-refractivity contribution in [2.75, 3.05) is 6.54 Å². The highest BCUT2D eigenvalue weighted by molar-refractivity contribution is 5.69. The maximum atomic E-state index is 12.0. The molecule has 0 aromatic rings. The Bertz CT molecular complexity index is 262. The van der Waals surface area contributed by atoms with Crippen LogP contribution in [0.1, 0.15) is 78.1 Å². The standard InChI is InChI=1S/C17H33NO2/c1-3-6-15(11-12-18)9-10-17(19)20-16-8-5-7-14(4-2)13-16/h14-16H,3-13,18H2,1-2H3. The van der Waals surface area contributed by atoms with Gasteiger partial charge in [0.15, 0.2) is 0 Å². The minimum Gasteiger partial charge on any atom is -0.462 e. The average Bonchev–Trinajstić information content (AvgIpc) is 2.45. The Labute approximate surface area is 124 Å². The van der Waals surface area contributed by atoms with Crippen LogP contribution >= 0.6 is 0 Å². The van der Waals surface area contributed by atoms with Crippen LogP contribution in [0.25, 0.3) is 0 Å². The topological polar surface area (TPSA) is 52.3 Å². The van der Waals surface area contributed by atoms with E-state index in [1.807, 2.05) is 0 Å². The lowest BCUT2D eigenvalue weighted by Crippen LogP contribution is -2.25. The van der Waals surface area contributed by atoms with Gasteiger partial charge in [0.25, 0.3) is 0 Å².